The van der Waals surface area contributed by atoms with Gasteiger partial charge in [-0.2, -0.15) is 5.10 Å². The predicted molar refractivity (Wildman–Crippen MR) is 109 cm³/mol. The first-order chi connectivity index (χ1) is 12.1. The molecule has 0 aliphatic carbocycles. The second-order valence-corrected chi connectivity index (χ2v) is 6.76. The van der Waals surface area contributed by atoms with E-state index in [0.29, 0.717) is 23.3 Å². The van der Waals surface area contributed by atoms with Crippen molar-refractivity contribution in [1.29, 1.82) is 0 Å². The van der Waals surface area contributed by atoms with Crippen molar-refractivity contribution >= 4 is 39.1 Å². The average molecular weight is 422 g/mol. The van der Waals surface area contributed by atoms with Crippen LogP contribution in [0.1, 0.15) is 18.1 Å². The van der Waals surface area contributed by atoms with Crippen LogP contribution >= 0.6 is 27.7 Å². The molecule has 0 radical (unpaired) electrons. The molecule has 0 saturated carbocycles. The second kappa shape index (κ2) is 10.1. The molecular formula is C18H20BrN3O2S. The summed E-state index contributed by atoms with van der Waals surface area (Å²) in [5.74, 6) is 2.07. The monoisotopic (exact) mass is 421 g/mol. The number of thioether (sulfide) groups is 1. The maximum Gasteiger partial charge on any atom is 0.180 e. The lowest BCUT2D eigenvalue weighted by Gasteiger charge is -2.11. The molecule has 0 fully saturated rings. The van der Waals surface area contributed by atoms with E-state index in [1.165, 1.54) is 17.3 Å². The zero-order valence-electron chi connectivity index (χ0n) is 14.1. The van der Waals surface area contributed by atoms with E-state index in [1.807, 2.05) is 49.4 Å². The minimum absolute atomic E-state index is 0.412. The summed E-state index contributed by atoms with van der Waals surface area (Å²) in [6, 6.07) is 13.8. The van der Waals surface area contributed by atoms with Crippen molar-refractivity contribution in [3.63, 3.8) is 0 Å². The molecular weight excluding hydrogens is 402 g/mol. The van der Waals surface area contributed by atoms with Gasteiger partial charge in [0.05, 0.1) is 19.9 Å². The van der Waals surface area contributed by atoms with Crippen LogP contribution in [0.15, 0.2) is 57.1 Å². The van der Waals surface area contributed by atoms with Gasteiger partial charge < -0.3 is 15.2 Å². The molecule has 0 heterocycles. The molecule has 0 aliphatic rings. The zero-order valence-corrected chi connectivity index (χ0v) is 16.5. The SMILES string of the molecule is CCOc1cc(C=NN=C(N)SCc2ccccc2)c(Br)cc1OC. The number of benzene rings is 2. The smallest absolute Gasteiger partial charge is 0.180 e. The summed E-state index contributed by atoms with van der Waals surface area (Å²) in [5, 5.41) is 8.50. The van der Waals surface area contributed by atoms with Crippen LogP contribution < -0.4 is 15.2 Å². The molecule has 0 aromatic heterocycles. The van der Waals surface area contributed by atoms with Gasteiger partial charge in [-0.3, -0.25) is 0 Å². The molecule has 0 unspecified atom stereocenters. The van der Waals surface area contributed by atoms with Gasteiger partial charge in [-0.1, -0.05) is 42.1 Å². The van der Waals surface area contributed by atoms with Crippen molar-refractivity contribution in [3.05, 3.63) is 58.1 Å². The lowest BCUT2D eigenvalue weighted by atomic mass is 10.2. The van der Waals surface area contributed by atoms with Crippen molar-refractivity contribution in [1.82, 2.24) is 0 Å². The summed E-state index contributed by atoms with van der Waals surface area (Å²) in [5.41, 5.74) is 7.91. The van der Waals surface area contributed by atoms with Gasteiger partial charge in [0.25, 0.3) is 0 Å². The molecule has 0 saturated heterocycles. The van der Waals surface area contributed by atoms with Crippen LogP contribution in [0.5, 0.6) is 11.5 Å². The van der Waals surface area contributed by atoms with Gasteiger partial charge in [-0.15, -0.1) is 5.10 Å². The molecule has 2 aromatic carbocycles. The number of hydrogen-bond acceptors (Lipinski definition) is 5. The van der Waals surface area contributed by atoms with Crippen molar-refractivity contribution < 1.29 is 9.47 Å². The van der Waals surface area contributed by atoms with E-state index in [2.05, 4.69) is 26.1 Å². The Morgan fingerprint density at radius 1 is 1.24 bits per heavy atom. The van der Waals surface area contributed by atoms with E-state index < -0.39 is 0 Å². The number of amidine groups is 1. The zero-order chi connectivity index (χ0) is 18.1. The Morgan fingerprint density at radius 3 is 2.68 bits per heavy atom. The van der Waals surface area contributed by atoms with E-state index in [1.54, 1.807) is 13.3 Å². The van der Waals surface area contributed by atoms with Crippen molar-refractivity contribution in [2.75, 3.05) is 13.7 Å². The minimum Gasteiger partial charge on any atom is -0.493 e. The molecule has 7 heteroatoms. The fraction of sp³-hybridized carbons (Fsp3) is 0.222. The summed E-state index contributed by atoms with van der Waals surface area (Å²) in [6.45, 7) is 2.47. The molecule has 0 amide bonds. The summed E-state index contributed by atoms with van der Waals surface area (Å²) in [4.78, 5) is 0. The summed E-state index contributed by atoms with van der Waals surface area (Å²) >= 11 is 4.93. The summed E-state index contributed by atoms with van der Waals surface area (Å²) in [6.07, 6.45) is 1.63. The fourth-order valence-electron chi connectivity index (χ4n) is 1.99. The van der Waals surface area contributed by atoms with Crippen LogP contribution in [0.4, 0.5) is 0 Å². The van der Waals surface area contributed by atoms with Gasteiger partial charge in [0, 0.05) is 15.8 Å². The topological polar surface area (TPSA) is 69.2 Å². The molecule has 2 rings (SSSR count). The first-order valence-electron chi connectivity index (χ1n) is 7.67. The fourth-order valence-corrected chi connectivity index (χ4v) is 3.02. The number of rotatable bonds is 7. The Kier molecular flexibility index (Phi) is 7.81. The average Bonchev–Trinajstić information content (AvgIpc) is 2.63. The lowest BCUT2D eigenvalue weighted by molar-refractivity contribution is 0.311. The largest absolute Gasteiger partial charge is 0.493 e. The second-order valence-electron chi connectivity index (χ2n) is 4.91. The molecule has 132 valence electrons. The van der Waals surface area contributed by atoms with Crippen LogP contribution in [0.3, 0.4) is 0 Å². The predicted octanol–water partition coefficient (Wildman–Crippen LogP) is 4.44. The molecule has 0 bridgehead atoms. The highest BCUT2D eigenvalue weighted by molar-refractivity contribution is 9.10. The molecule has 0 spiro atoms. The summed E-state index contributed by atoms with van der Waals surface area (Å²) in [7, 11) is 1.60. The number of halogens is 1. The highest BCUT2D eigenvalue weighted by Gasteiger charge is 2.08. The first kappa shape index (κ1) is 19.3. The van der Waals surface area contributed by atoms with Gasteiger partial charge in [0.2, 0.25) is 0 Å². The molecule has 2 aromatic rings. The number of nitrogens with zero attached hydrogens (tertiary/aromatic N) is 2. The third-order valence-electron chi connectivity index (χ3n) is 3.17. The van der Waals surface area contributed by atoms with Crippen LogP contribution in [0.25, 0.3) is 0 Å². The Bertz CT molecular complexity index is 751. The first-order valence-corrected chi connectivity index (χ1v) is 9.45. The Hall–Kier alpha value is -1.99. The highest BCUT2D eigenvalue weighted by Crippen LogP contribution is 2.32. The van der Waals surface area contributed by atoms with E-state index in [0.717, 1.165) is 15.8 Å². The molecule has 0 atom stereocenters. The molecule has 0 aliphatic heterocycles. The van der Waals surface area contributed by atoms with Gasteiger partial charge in [-0.25, -0.2) is 0 Å². The number of methoxy groups -OCH3 is 1. The molecule has 25 heavy (non-hydrogen) atoms. The van der Waals surface area contributed by atoms with Crippen LogP contribution in [0.2, 0.25) is 0 Å². The quantitative estimate of drug-likeness (QED) is 0.407. The van der Waals surface area contributed by atoms with Gasteiger partial charge >= 0.3 is 0 Å². The van der Waals surface area contributed by atoms with Gasteiger partial charge in [0.1, 0.15) is 0 Å². The third-order valence-corrected chi connectivity index (χ3v) is 4.71. The number of nitrogens with two attached hydrogens (primary N) is 1. The maximum atomic E-state index is 5.89. The molecule has 5 nitrogen and oxygen atoms in total. The van der Waals surface area contributed by atoms with Gasteiger partial charge in [-0.05, 0) is 40.5 Å². The maximum absolute atomic E-state index is 5.89. The highest BCUT2D eigenvalue weighted by atomic mass is 79.9. The van der Waals surface area contributed by atoms with Crippen LogP contribution in [0, 0.1) is 0 Å². The lowest BCUT2D eigenvalue weighted by Crippen LogP contribution is -2.06. The third kappa shape index (κ3) is 6.10. The standard InChI is InChI=1S/C18H20BrN3O2S/c1-3-24-17-9-14(15(19)10-16(17)23-2)11-21-22-18(20)25-12-13-7-5-4-6-8-13/h4-11H,3,12H2,1-2H3,(H2,20,22). The Morgan fingerprint density at radius 2 is 2.00 bits per heavy atom. The van der Waals surface area contributed by atoms with Crippen LogP contribution in [-0.2, 0) is 5.75 Å². The van der Waals surface area contributed by atoms with E-state index >= 15 is 0 Å². The van der Waals surface area contributed by atoms with Crippen LogP contribution in [-0.4, -0.2) is 25.1 Å². The minimum atomic E-state index is 0.412. The Balaban J connectivity index is 2.03. The van der Waals surface area contributed by atoms with E-state index in [9.17, 15) is 0 Å². The normalized spacial score (nSPS) is 11.7. The van der Waals surface area contributed by atoms with E-state index in [4.69, 9.17) is 15.2 Å². The van der Waals surface area contributed by atoms with Crippen molar-refractivity contribution in [2.24, 2.45) is 15.9 Å². The number of ether oxygens (including phenoxy) is 2. The van der Waals surface area contributed by atoms with E-state index in [-0.39, 0.29) is 0 Å². The molecule has 2 N–H and O–H groups in total. The Labute approximate surface area is 160 Å². The van der Waals surface area contributed by atoms with Crippen molar-refractivity contribution in [2.45, 2.75) is 12.7 Å². The summed E-state index contributed by atoms with van der Waals surface area (Å²) < 4.78 is 11.7. The number of hydrogen-bond donors (Lipinski definition) is 1. The van der Waals surface area contributed by atoms with Gasteiger partial charge in [0.15, 0.2) is 16.7 Å². The van der Waals surface area contributed by atoms with Crippen molar-refractivity contribution in [3.8, 4) is 11.5 Å².